The van der Waals surface area contributed by atoms with Gasteiger partial charge in [-0.3, -0.25) is 0 Å². The fourth-order valence-electron chi connectivity index (χ4n) is 7.55. The minimum absolute atomic E-state index is 0.221. The Labute approximate surface area is 290 Å². The lowest BCUT2D eigenvalue weighted by molar-refractivity contribution is 0.645. The summed E-state index contributed by atoms with van der Waals surface area (Å²) >= 11 is 0. The predicted molar refractivity (Wildman–Crippen MR) is 210 cm³/mol. The molecule has 1 aliphatic carbocycles. The molecule has 7 aromatic rings. The summed E-state index contributed by atoms with van der Waals surface area (Å²) in [5.74, 6) is 0. The number of hydrogen-bond acceptors (Lipinski definition) is 2. The van der Waals surface area contributed by atoms with Gasteiger partial charge in [0.15, 0.2) is 0 Å². The van der Waals surface area contributed by atoms with E-state index in [0.717, 1.165) is 28.4 Å². The molecule has 2 heteroatoms. The van der Waals surface area contributed by atoms with Crippen LogP contribution in [-0.2, 0) is 5.41 Å². The summed E-state index contributed by atoms with van der Waals surface area (Å²) in [4.78, 5) is 4.80. The Morgan fingerprint density at radius 1 is 0.388 bits per heavy atom. The molecule has 2 nitrogen and oxygen atoms in total. The second-order valence-electron chi connectivity index (χ2n) is 14.2. The average Bonchev–Trinajstić information content (AvgIpc) is 3.11. The van der Waals surface area contributed by atoms with Gasteiger partial charge in [0, 0.05) is 39.2 Å². The molecule has 0 radical (unpaired) electrons. The van der Waals surface area contributed by atoms with Crippen LogP contribution in [0.2, 0.25) is 0 Å². The summed E-state index contributed by atoms with van der Waals surface area (Å²) in [5, 5.41) is 2.60. The van der Waals surface area contributed by atoms with E-state index < -0.39 is 0 Å². The number of aryl methyl sites for hydroxylation is 4. The van der Waals surface area contributed by atoms with Crippen LogP contribution in [0.15, 0.2) is 146 Å². The van der Waals surface area contributed by atoms with Gasteiger partial charge in [-0.1, -0.05) is 115 Å². The quantitative estimate of drug-likeness (QED) is 0.180. The van der Waals surface area contributed by atoms with Crippen LogP contribution in [0.5, 0.6) is 0 Å². The van der Waals surface area contributed by atoms with Crippen LogP contribution in [0.1, 0.15) is 47.2 Å². The molecule has 0 aliphatic heterocycles. The molecule has 8 rings (SSSR count). The zero-order chi connectivity index (χ0) is 33.9. The summed E-state index contributed by atoms with van der Waals surface area (Å²) in [7, 11) is 0. The zero-order valence-electron chi connectivity index (χ0n) is 29.3. The fraction of sp³-hybridized carbons (Fsp3) is 0.149. The third-order valence-corrected chi connectivity index (χ3v) is 10.3. The van der Waals surface area contributed by atoms with Gasteiger partial charge in [0.05, 0.1) is 5.69 Å². The van der Waals surface area contributed by atoms with Crippen LogP contribution in [0.4, 0.5) is 34.1 Å². The van der Waals surface area contributed by atoms with Crippen LogP contribution >= 0.6 is 0 Å². The molecular weight excluding hydrogens is 593 g/mol. The smallest absolute Gasteiger partial charge is 0.0540 e. The Morgan fingerprint density at radius 3 is 1.31 bits per heavy atom. The highest BCUT2D eigenvalue weighted by atomic mass is 15.1. The van der Waals surface area contributed by atoms with Crippen molar-refractivity contribution in [2.75, 3.05) is 9.80 Å². The first-order valence-electron chi connectivity index (χ1n) is 17.3. The molecule has 0 heterocycles. The Bertz CT molecular complexity index is 2220. The van der Waals surface area contributed by atoms with Crippen molar-refractivity contribution in [3.8, 4) is 11.1 Å². The van der Waals surface area contributed by atoms with E-state index in [9.17, 15) is 0 Å². The summed E-state index contributed by atoms with van der Waals surface area (Å²) in [6, 6.07) is 54.1. The van der Waals surface area contributed by atoms with E-state index in [1.165, 1.54) is 61.0 Å². The molecule has 7 aromatic carbocycles. The van der Waals surface area contributed by atoms with Crippen molar-refractivity contribution in [3.05, 3.63) is 179 Å². The van der Waals surface area contributed by atoms with Crippen LogP contribution in [0, 0.1) is 27.7 Å². The molecule has 0 atom stereocenters. The first kappa shape index (κ1) is 30.7. The van der Waals surface area contributed by atoms with Gasteiger partial charge in [0.2, 0.25) is 0 Å². The van der Waals surface area contributed by atoms with Gasteiger partial charge in [-0.05, 0) is 122 Å². The number of fused-ring (bicyclic) bond motifs is 2. The molecule has 240 valence electrons. The number of benzene rings is 7. The van der Waals surface area contributed by atoms with E-state index in [4.69, 9.17) is 0 Å². The summed E-state index contributed by atoms with van der Waals surface area (Å²) in [6.45, 7) is 13.4. The van der Waals surface area contributed by atoms with Crippen molar-refractivity contribution < 1.29 is 0 Å². The SMILES string of the molecule is Cc1ccc(N(c2ccc(C)cc2)c2ccc3c(c2)C(C)(C)c2cccc4c(N(c5ccc(C)cc5)c5ccc(C)cc5)ccc-3c24)cc1. The lowest BCUT2D eigenvalue weighted by Crippen LogP contribution is -2.24. The molecule has 0 aromatic heterocycles. The van der Waals surface area contributed by atoms with Gasteiger partial charge >= 0.3 is 0 Å². The van der Waals surface area contributed by atoms with E-state index in [1.807, 2.05) is 0 Å². The van der Waals surface area contributed by atoms with Crippen molar-refractivity contribution in [1.29, 1.82) is 0 Å². The number of anilines is 6. The largest absolute Gasteiger partial charge is 0.310 e. The van der Waals surface area contributed by atoms with Crippen LogP contribution in [-0.4, -0.2) is 0 Å². The normalized spacial score (nSPS) is 12.9. The Hall–Kier alpha value is -5.60. The molecule has 0 spiro atoms. The molecule has 0 amide bonds. The first-order chi connectivity index (χ1) is 23.7. The van der Waals surface area contributed by atoms with E-state index in [2.05, 4.69) is 197 Å². The van der Waals surface area contributed by atoms with Crippen molar-refractivity contribution >= 4 is 44.9 Å². The third kappa shape index (κ3) is 5.29. The molecule has 0 bridgehead atoms. The molecule has 49 heavy (non-hydrogen) atoms. The second kappa shape index (κ2) is 11.8. The number of nitrogens with zero attached hydrogens (tertiary/aromatic N) is 2. The third-order valence-electron chi connectivity index (χ3n) is 10.3. The predicted octanol–water partition coefficient (Wildman–Crippen LogP) is 13.3. The molecule has 0 N–H and O–H groups in total. The highest BCUT2D eigenvalue weighted by molar-refractivity contribution is 6.10. The van der Waals surface area contributed by atoms with E-state index >= 15 is 0 Å². The Morgan fingerprint density at radius 2 is 0.816 bits per heavy atom. The zero-order valence-corrected chi connectivity index (χ0v) is 29.3. The molecule has 0 unspecified atom stereocenters. The molecule has 1 aliphatic rings. The van der Waals surface area contributed by atoms with Crippen molar-refractivity contribution in [2.24, 2.45) is 0 Å². The van der Waals surface area contributed by atoms with E-state index in [-0.39, 0.29) is 5.41 Å². The number of rotatable bonds is 6. The standard InChI is InChI=1S/C47H42N2/c1-31-10-18-35(19-11-31)48(36-20-12-32(2)13-21-36)39-26-27-40-41-28-29-45(42-8-7-9-43(46(41)42)47(5,6)44(40)30-39)49(37-22-14-33(3)15-23-37)38-24-16-34(4)17-25-38/h7-30H,1-6H3. The highest BCUT2D eigenvalue weighted by Gasteiger charge is 2.35. The van der Waals surface area contributed by atoms with Gasteiger partial charge in [-0.25, -0.2) is 0 Å². The van der Waals surface area contributed by atoms with Crippen molar-refractivity contribution in [3.63, 3.8) is 0 Å². The van der Waals surface area contributed by atoms with Crippen LogP contribution < -0.4 is 9.80 Å². The van der Waals surface area contributed by atoms with E-state index in [1.54, 1.807) is 0 Å². The van der Waals surface area contributed by atoms with Crippen LogP contribution in [0.3, 0.4) is 0 Å². The minimum atomic E-state index is -0.221. The topological polar surface area (TPSA) is 6.48 Å². The Kier molecular flexibility index (Phi) is 7.41. The van der Waals surface area contributed by atoms with Gasteiger partial charge in [-0.2, -0.15) is 0 Å². The van der Waals surface area contributed by atoms with Gasteiger partial charge in [0.1, 0.15) is 0 Å². The monoisotopic (exact) mass is 634 g/mol. The number of hydrogen-bond donors (Lipinski definition) is 0. The second-order valence-corrected chi connectivity index (χ2v) is 14.2. The molecule has 0 saturated carbocycles. The fourth-order valence-corrected chi connectivity index (χ4v) is 7.55. The maximum atomic E-state index is 2.43. The lowest BCUT2D eigenvalue weighted by Gasteiger charge is -2.37. The molecule has 0 fully saturated rings. The summed E-state index contributed by atoms with van der Waals surface area (Å²) in [6.07, 6.45) is 0. The first-order valence-corrected chi connectivity index (χ1v) is 17.3. The average molecular weight is 635 g/mol. The summed E-state index contributed by atoms with van der Waals surface area (Å²) < 4.78 is 0. The Balaban J connectivity index is 1.32. The van der Waals surface area contributed by atoms with Gasteiger partial charge < -0.3 is 9.80 Å². The lowest BCUT2D eigenvalue weighted by atomic mass is 9.68. The minimum Gasteiger partial charge on any atom is -0.310 e. The van der Waals surface area contributed by atoms with Crippen LogP contribution in [0.25, 0.3) is 21.9 Å². The molecule has 0 saturated heterocycles. The maximum absolute atomic E-state index is 2.43. The summed E-state index contributed by atoms with van der Waals surface area (Å²) in [5.41, 5.74) is 17.1. The molecular formula is C47H42N2. The highest BCUT2D eigenvalue weighted by Crippen LogP contribution is 2.53. The van der Waals surface area contributed by atoms with Gasteiger partial charge in [-0.15, -0.1) is 0 Å². The van der Waals surface area contributed by atoms with Crippen molar-refractivity contribution in [2.45, 2.75) is 47.0 Å². The van der Waals surface area contributed by atoms with E-state index in [0.29, 0.717) is 0 Å². The van der Waals surface area contributed by atoms with Crippen molar-refractivity contribution in [1.82, 2.24) is 0 Å². The maximum Gasteiger partial charge on any atom is 0.0540 e. The van der Waals surface area contributed by atoms with Gasteiger partial charge in [0.25, 0.3) is 0 Å².